The molecular weight excluding hydrogens is 344 g/mol. The van der Waals surface area contributed by atoms with Crippen LogP contribution in [-0.4, -0.2) is 37.0 Å². The minimum atomic E-state index is -3.41. The zero-order valence-electron chi connectivity index (χ0n) is 12.1. The summed E-state index contributed by atoms with van der Waals surface area (Å²) in [5, 5.41) is 10.8. The smallest absolute Gasteiger partial charge is 0.257 e. The highest BCUT2D eigenvalue weighted by molar-refractivity contribution is 8.00. The average molecular weight is 358 g/mol. The van der Waals surface area contributed by atoms with Crippen molar-refractivity contribution in [2.45, 2.75) is 11.3 Å². The van der Waals surface area contributed by atoms with Gasteiger partial charge in [-0.1, -0.05) is 29.2 Å². The Balaban J connectivity index is 2.24. The van der Waals surface area contributed by atoms with Crippen molar-refractivity contribution in [1.82, 2.24) is 10.2 Å². The number of nitrogens with zero attached hydrogens (tertiary/aromatic N) is 2. The predicted molar refractivity (Wildman–Crippen MR) is 89.3 cm³/mol. The highest BCUT2D eigenvalue weighted by Crippen LogP contribution is 2.25. The van der Waals surface area contributed by atoms with Crippen molar-refractivity contribution in [3.8, 4) is 0 Å². The molecule has 22 heavy (non-hydrogen) atoms. The van der Waals surface area contributed by atoms with Crippen LogP contribution in [0.25, 0.3) is 0 Å². The second-order valence-electron chi connectivity index (χ2n) is 4.38. The van der Waals surface area contributed by atoms with Crippen LogP contribution in [-0.2, 0) is 10.0 Å². The lowest BCUT2D eigenvalue weighted by atomic mass is 10.1. The molecule has 0 aliphatic rings. The lowest BCUT2D eigenvalue weighted by Crippen LogP contribution is -2.16. The van der Waals surface area contributed by atoms with Gasteiger partial charge in [-0.25, -0.2) is 8.42 Å². The van der Waals surface area contributed by atoms with Crippen molar-refractivity contribution >= 4 is 49.8 Å². The summed E-state index contributed by atoms with van der Waals surface area (Å²) in [7, 11) is -3.41. The Bertz CT molecular complexity index is 802. The van der Waals surface area contributed by atoms with Crippen LogP contribution in [0.1, 0.15) is 15.9 Å². The van der Waals surface area contributed by atoms with Gasteiger partial charge in [0.15, 0.2) is 4.34 Å². The number of aromatic nitrogens is 2. The number of carbonyl (C=O) groups is 1. The molecule has 0 bridgehead atoms. The van der Waals surface area contributed by atoms with Gasteiger partial charge >= 0.3 is 0 Å². The average Bonchev–Trinajstić information content (AvgIpc) is 2.87. The van der Waals surface area contributed by atoms with Gasteiger partial charge in [-0.15, -0.1) is 10.2 Å². The Morgan fingerprint density at radius 2 is 2.05 bits per heavy atom. The lowest BCUT2D eigenvalue weighted by Gasteiger charge is -2.11. The van der Waals surface area contributed by atoms with Crippen LogP contribution in [0.5, 0.6) is 0 Å². The van der Waals surface area contributed by atoms with E-state index in [9.17, 15) is 13.2 Å². The van der Waals surface area contributed by atoms with Gasteiger partial charge < -0.3 is 0 Å². The molecule has 0 spiro atoms. The molecule has 0 radical (unpaired) electrons. The second-order valence-corrected chi connectivity index (χ2v) is 8.16. The Morgan fingerprint density at radius 1 is 1.32 bits per heavy atom. The van der Waals surface area contributed by atoms with E-state index in [0.29, 0.717) is 21.9 Å². The highest BCUT2D eigenvalue weighted by atomic mass is 32.2. The standard InChI is InChI=1S/C12H14N4O3S3/c1-7-8(5-4-6-9(7)16-22(3,18)19)10(17)13-11-14-15-12(20-2)21-11/h4-6,16H,1-3H3,(H,13,14,17). The first kappa shape index (κ1) is 16.7. The molecule has 2 aromatic rings. The molecule has 118 valence electrons. The van der Waals surface area contributed by atoms with E-state index < -0.39 is 10.0 Å². The number of nitrogens with one attached hydrogen (secondary N) is 2. The molecule has 0 atom stereocenters. The molecule has 2 rings (SSSR count). The van der Waals surface area contributed by atoms with Crippen molar-refractivity contribution < 1.29 is 13.2 Å². The number of anilines is 2. The molecule has 0 saturated carbocycles. The molecule has 0 unspecified atom stereocenters. The fourth-order valence-corrected chi connectivity index (χ4v) is 3.48. The van der Waals surface area contributed by atoms with E-state index in [4.69, 9.17) is 0 Å². The van der Waals surface area contributed by atoms with Gasteiger partial charge in [0.05, 0.1) is 11.9 Å². The number of amides is 1. The topological polar surface area (TPSA) is 101 Å². The summed E-state index contributed by atoms with van der Waals surface area (Å²) in [6, 6.07) is 4.83. The molecule has 0 saturated heterocycles. The Labute approximate surface area is 136 Å². The molecule has 7 nitrogen and oxygen atoms in total. The molecule has 0 fully saturated rings. The normalized spacial score (nSPS) is 11.2. The fourth-order valence-electron chi connectivity index (χ4n) is 1.70. The molecule has 0 aliphatic carbocycles. The minimum absolute atomic E-state index is 0.363. The van der Waals surface area contributed by atoms with Crippen LogP contribution < -0.4 is 10.0 Å². The largest absolute Gasteiger partial charge is 0.296 e. The summed E-state index contributed by atoms with van der Waals surface area (Å²) in [6.07, 6.45) is 2.93. The van der Waals surface area contributed by atoms with E-state index in [1.807, 2.05) is 6.26 Å². The number of rotatable bonds is 5. The number of sulfonamides is 1. The molecule has 1 amide bonds. The van der Waals surface area contributed by atoms with Crippen LogP contribution in [0.3, 0.4) is 0 Å². The number of hydrogen-bond acceptors (Lipinski definition) is 7. The van der Waals surface area contributed by atoms with Crippen molar-refractivity contribution in [2.24, 2.45) is 0 Å². The van der Waals surface area contributed by atoms with Crippen molar-refractivity contribution in [3.63, 3.8) is 0 Å². The first-order valence-electron chi connectivity index (χ1n) is 6.06. The maximum atomic E-state index is 12.3. The maximum absolute atomic E-state index is 12.3. The number of benzene rings is 1. The van der Waals surface area contributed by atoms with Crippen LogP contribution >= 0.6 is 23.1 Å². The van der Waals surface area contributed by atoms with Crippen LogP contribution in [0.15, 0.2) is 22.5 Å². The summed E-state index contributed by atoms with van der Waals surface area (Å²) in [6.45, 7) is 1.68. The van der Waals surface area contributed by atoms with Crippen molar-refractivity contribution in [2.75, 3.05) is 22.6 Å². The summed E-state index contributed by atoms with van der Waals surface area (Å²) in [5.41, 5.74) is 1.28. The zero-order chi connectivity index (χ0) is 16.3. The molecular formula is C12H14N4O3S3. The van der Waals surface area contributed by atoms with Crippen LogP contribution in [0, 0.1) is 6.92 Å². The highest BCUT2D eigenvalue weighted by Gasteiger charge is 2.15. The minimum Gasteiger partial charge on any atom is -0.296 e. The quantitative estimate of drug-likeness (QED) is 0.628. The van der Waals surface area contributed by atoms with E-state index in [1.165, 1.54) is 23.1 Å². The zero-order valence-corrected chi connectivity index (χ0v) is 14.5. The SMILES string of the molecule is CSc1nnc(NC(=O)c2cccc(NS(C)(=O)=O)c2C)s1. The van der Waals surface area contributed by atoms with Crippen LogP contribution in [0.4, 0.5) is 10.8 Å². The maximum Gasteiger partial charge on any atom is 0.257 e. The Morgan fingerprint density at radius 3 is 2.64 bits per heavy atom. The lowest BCUT2D eigenvalue weighted by molar-refractivity contribution is 0.102. The second kappa shape index (κ2) is 6.63. The van der Waals surface area contributed by atoms with Crippen LogP contribution in [0.2, 0.25) is 0 Å². The summed E-state index contributed by atoms with van der Waals surface area (Å²) in [5.74, 6) is -0.363. The van der Waals surface area contributed by atoms with Gasteiger partial charge in [0.1, 0.15) is 0 Å². The summed E-state index contributed by atoms with van der Waals surface area (Å²) >= 11 is 2.71. The summed E-state index contributed by atoms with van der Waals surface area (Å²) < 4.78 is 25.8. The summed E-state index contributed by atoms with van der Waals surface area (Å²) in [4.78, 5) is 12.3. The van der Waals surface area contributed by atoms with Gasteiger partial charge in [-0.2, -0.15) is 0 Å². The molecule has 1 heterocycles. The third kappa shape index (κ3) is 4.18. The van der Waals surface area contributed by atoms with Gasteiger partial charge in [0.2, 0.25) is 15.2 Å². The van der Waals surface area contributed by atoms with Gasteiger partial charge in [0, 0.05) is 5.56 Å². The molecule has 0 aliphatic heterocycles. The molecule has 2 N–H and O–H groups in total. The first-order valence-corrected chi connectivity index (χ1v) is 9.99. The molecule has 1 aromatic heterocycles. The van der Waals surface area contributed by atoms with Gasteiger partial charge in [-0.05, 0) is 30.9 Å². The third-order valence-electron chi connectivity index (χ3n) is 2.68. The first-order chi connectivity index (χ1) is 10.3. The molecule has 1 aromatic carbocycles. The number of carbonyl (C=O) groups excluding carboxylic acids is 1. The predicted octanol–water partition coefficient (Wildman–Crippen LogP) is 2.19. The van der Waals surface area contributed by atoms with E-state index in [2.05, 4.69) is 20.2 Å². The fraction of sp³-hybridized carbons (Fsp3) is 0.250. The third-order valence-corrected chi connectivity index (χ3v) is 5.08. The van der Waals surface area contributed by atoms with E-state index >= 15 is 0 Å². The van der Waals surface area contributed by atoms with Gasteiger partial charge in [0.25, 0.3) is 5.91 Å². The van der Waals surface area contributed by atoms with E-state index in [-0.39, 0.29) is 5.91 Å². The Hall–Kier alpha value is -1.65. The van der Waals surface area contributed by atoms with E-state index in [0.717, 1.165) is 10.6 Å². The van der Waals surface area contributed by atoms with Crippen molar-refractivity contribution in [3.05, 3.63) is 29.3 Å². The Kier molecular flexibility index (Phi) is 5.04. The van der Waals surface area contributed by atoms with Gasteiger partial charge in [-0.3, -0.25) is 14.8 Å². The number of thioether (sulfide) groups is 1. The monoisotopic (exact) mass is 358 g/mol. The number of hydrogen-bond donors (Lipinski definition) is 2. The van der Waals surface area contributed by atoms with Crippen molar-refractivity contribution in [1.29, 1.82) is 0 Å². The van der Waals surface area contributed by atoms with E-state index in [1.54, 1.807) is 25.1 Å². The molecule has 10 heteroatoms.